The van der Waals surface area contributed by atoms with Crippen LogP contribution in [0.4, 0.5) is 4.79 Å². The molecule has 3 amide bonds. The summed E-state index contributed by atoms with van der Waals surface area (Å²) in [6, 6.07) is 6.38. The lowest BCUT2D eigenvalue weighted by molar-refractivity contribution is -0.127. The lowest BCUT2D eigenvalue weighted by Crippen LogP contribution is -2.65. The van der Waals surface area contributed by atoms with E-state index >= 15 is 0 Å². The minimum atomic E-state index is -0.875. The summed E-state index contributed by atoms with van der Waals surface area (Å²) in [5.41, 5.74) is 0.973. The van der Waals surface area contributed by atoms with Gasteiger partial charge in [0.2, 0.25) is 0 Å². The van der Waals surface area contributed by atoms with Gasteiger partial charge in [-0.05, 0) is 18.6 Å². The molecular weight excluding hydrogens is 428 g/mol. The summed E-state index contributed by atoms with van der Waals surface area (Å²) in [5.74, 6) is 0.874. The number of piperazine rings is 1. The molecule has 3 N–H and O–H groups in total. The van der Waals surface area contributed by atoms with Crippen molar-refractivity contribution >= 4 is 17.9 Å². The highest BCUT2D eigenvalue weighted by Gasteiger charge is 2.50. The number of para-hydroxylation sites is 1. The maximum absolute atomic E-state index is 12.8. The van der Waals surface area contributed by atoms with E-state index in [0.717, 1.165) is 18.7 Å². The molecule has 3 aliphatic heterocycles. The van der Waals surface area contributed by atoms with E-state index in [-0.39, 0.29) is 19.8 Å². The second-order valence-electron chi connectivity index (χ2n) is 8.63. The van der Waals surface area contributed by atoms with Gasteiger partial charge in [0, 0.05) is 39.8 Å². The number of amides is 3. The van der Waals surface area contributed by atoms with E-state index < -0.39 is 30.2 Å². The number of rotatable bonds is 7. The van der Waals surface area contributed by atoms with E-state index in [1.807, 2.05) is 31.2 Å². The van der Waals surface area contributed by atoms with Crippen LogP contribution in [0.1, 0.15) is 5.56 Å². The van der Waals surface area contributed by atoms with Crippen LogP contribution in [0.3, 0.4) is 0 Å². The number of carbonyl (C=O) groups excluding carboxylic acids is 2. The predicted octanol–water partition coefficient (Wildman–Crippen LogP) is -1.11. The van der Waals surface area contributed by atoms with E-state index in [1.54, 1.807) is 11.9 Å². The third-order valence-electron chi connectivity index (χ3n) is 6.34. The molecule has 11 heteroatoms. The molecule has 0 spiro atoms. The zero-order valence-electron chi connectivity index (χ0n) is 19.1. The van der Waals surface area contributed by atoms with Crippen LogP contribution >= 0.6 is 0 Å². The number of aliphatic imine (C=N–C) groups is 1. The first-order valence-corrected chi connectivity index (χ1v) is 11.3. The predicted molar refractivity (Wildman–Crippen MR) is 121 cm³/mol. The van der Waals surface area contributed by atoms with Crippen LogP contribution in [0.15, 0.2) is 29.3 Å². The molecule has 33 heavy (non-hydrogen) atoms. The van der Waals surface area contributed by atoms with Crippen molar-refractivity contribution in [1.29, 1.82) is 0 Å². The van der Waals surface area contributed by atoms with E-state index in [9.17, 15) is 19.8 Å². The third kappa shape index (κ3) is 4.90. The Morgan fingerprint density at radius 1 is 1.21 bits per heavy atom. The van der Waals surface area contributed by atoms with Crippen LogP contribution in [0.25, 0.3) is 0 Å². The van der Waals surface area contributed by atoms with Crippen molar-refractivity contribution in [2.24, 2.45) is 4.99 Å². The summed E-state index contributed by atoms with van der Waals surface area (Å²) in [7, 11) is 1.61. The van der Waals surface area contributed by atoms with Crippen LogP contribution < -0.4 is 10.1 Å². The Hall–Kier alpha value is -2.89. The molecule has 3 atom stereocenters. The average molecular weight is 461 g/mol. The molecule has 3 heterocycles. The largest absolute Gasteiger partial charge is 0.491 e. The number of ether oxygens (including phenoxy) is 1. The van der Waals surface area contributed by atoms with Crippen molar-refractivity contribution in [2.75, 3.05) is 59.5 Å². The quantitative estimate of drug-likeness (QED) is 0.469. The lowest BCUT2D eigenvalue weighted by atomic mass is 10.1. The third-order valence-corrected chi connectivity index (χ3v) is 6.34. The molecule has 0 aliphatic carbocycles. The van der Waals surface area contributed by atoms with E-state index in [0.29, 0.717) is 31.3 Å². The van der Waals surface area contributed by atoms with Crippen molar-refractivity contribution in [2.45, 2.75) is 25.2 Å². The van der Waals surface area contributed by atoms with Crippen molar-refractivity contribution in [3.63, 3.8) is 0 Å². The Kier molecular flexibility index (Phi) is 7.01. The maximum Gasteiger partial charge on any atom is 0.325 e. The summed E-state index contributed by atoms with van der Waals surface area (Å²) in [4.78, 5) is 37.1. The summed E-state index contributed by atoms with van der Waals surface area (Å²) in [5, 5.41) is 22.4. The van der Waals surface area contributed by atoms with Crippen molar-refractivity contribution in [1.82, 2.24) is 24.9 Å². The number of urea groups is 1. The number of hydrogen-bond acceptors (Lipinski definition) is 9. The standard InChI is InChI=1S/C22H32N6O5/c1-15-5-3-4-6-17(15)33-14-16(30)13-28-18-19(25(2)22(32)24-20(18)31)23-21(28)27-9-7-26(8-10-27)11-12-29/h3-6,16,18-19,29-30H,7-14H2,1-2H3,(H,24,31,32). The number of aliphatic hydroxyl groups excluding tert-OH is 2. The monoisotopic (exact) mass is 460 g/mol. The zero-order valence-corrected chi connectivity index (χ0v) is 19.1. The first kappa shape index (κ1) is 23.3. The minimum absolute atomic E-state index is 0.0622. The molecule has 0 saturated carbocycles. The van der Waals surface area contributed by atoms with Crippen LogP contribution in [0.2, 0.25) is 0 Å². The van der Waals surface area contributed by atoms with Gasteiger partial charge in [-0.2, -0.15) is 0 Å². The number of carbonyl (C=O) groups is 2. The van der Waals surface area contributed by atoms with E-state index in [1.165, 1.54) is 4.90 Å². The fraction of sp³-hybridized carbons (Fsp3) is 0.591. The molecule has 1 aromatic carbocycles. The molecule has 0 radical (unpaired) electrons. The molecule has 2 fully saturated rings. The molecule has 3 unspecified atom stereocenters. The van der Waals surface area contributed by atoms with Crippen molar-refractivity contribution < 1.29 is 24.5 Å². The highest BCUT2D eigenvalue weighted by atomic mass is 16.5. The Balaban J connectivity index is 1.49. The first-order valence-electron chi connectivity index (χ1n) is 11.3. The van der Waals surface area contributed by atoms with Crippen molar-refractivity contribution in [3.05, 3.63) is 29.8 Å². The first-order chi connectivity index (χ1) is 15.9. The van der Waals surface area contributed by atoms with Gasteiger partial charge in [0.1, 0.15) is 18.5 Å². The molecule has 1 aromatic rings. The summed E-state index contributed by atoms with van der Waals surface area (Å²) >= 11 is 0. The van der Waals surface area contributed by atoms with Gasteiger partial charge in [0.25, 0.3) is 5.91 Å². The fourth-order valence-electron chi connectivity index (χ4n) is 4.47. The van der Waals surface area contributed by atoms with Gasteiger partial charge in [0.15, 0.2) is 18.2 Å². The Labute approximate surface area is 193 Å². The highest BCUT2D eigenvalue weighted by molar-refractivity contribution is 6.03. The number of nitrogens with zero attached hydrogens (tertiary/aromatic N) is 5. The second-order valence-corrected chi connectivity index (χ2v) is 8.63. The molecule has 0 aromatic heterocycles. The number of fused-ring (bicyclic) bond motifs is 1. The molecule has 0 bridgehead atoms. The SMILES string of the molecule is Cc1ccccc1OCC(O)CN1C(N2CCN(CCO)CC2)=NC2C1C(=O)NC(=O)N2C. The van der Waals surface area contributed by atoms with Gasteiger partial charge in [-0.3, -0.25) is 15.0 Å². The van der Waals surface area contributed by atoms with E-state index in [2.05, 4.69) is 15.1 Å². The molecule has 180 valence electrons. The Bertz CT molecular complexity index is 903. The van der Waals surface area contributed by atoms with Crippen LogP contribution in [-0.4, -0.2) is 126 Å². The zero-order chi connectivity index (χ0) is 23.5. The van der Waals surface area contributed by atoms with Gasteiger partial charge >= 0.3 is 6.03 Å². The molecule has 11 nitrogen and oxygen atoms in total. The number of β-amino-alcohol motifs (C(OH)–C–C–N with tert-alkyl or cyclic N) is 2. The number of hydrogen-bond donors (Lipinski definition) is 3. The normalized spacial score (nSPS) is 24.5. The Morgan fingerprint density at radius 3 is 2.64 bits per heavy atom. The topological polar surface area (TPSA) is 121 Å². The van der Waals surface area contributed by atoms with Gasteiger partial charge in [0.05, 0.1) is 13.2 Å². The summed E-state index contributed by atoms with van der Waals surface area (Å²) < 4.78 is 5.81. The van der Waals surface area contributed by atoms with Gasteiger partial charge < -0.3 is 29.6 Å². The number of nitrogens with one attached hydrogen (secondary N) is 1. The second kappa shape index (κ2) is 9.94. The minimum Gasteiger partial charge on any atom is -0.491 e. The number of imide groups is 1. The summed E-state index contributed by atoms with van der Waals surface area (Å²) in [6.45, 7) is 5.71. The van der Waals surface area contributed by atoms with Crippen molar-refractivity contribution in [3.8, 4) is 5.75 Å². The van der Waals surface area contributed by atoms with Crippen LogP contribution in [-0.2, 0) is 4.79 Å². The van der Waals surface area contributed by atoms with E-state index in [4.69, 9.17) is 9.73 Å². The smallest absolute Gasteiger partial charge is 0.325 e. The molecule has 2 saturated heterocycles. The number of guanidine groups is 1. The molecule has 4 rings (SSSR count). The van der Waals surface area contributed by atoms with Crippen LogP contribution in [0.5, 0.6) is 5.75 Å². The fourth-order valence-corrected chi connectivity index (χ4v) is 4.47. The van der Waals surface area contributed by atoms with Gasteiger partial charge in [-0.25, -0.2) is 9.79 Å². The number of benzene rings is 1. The Morgan fingerprint density at radius 2 is 1.94 bits per heavy atom. The summed E-state index contributed by atoms with van der Waals surface area (Å²) in [6.07, 6.45) is -1.53. The molecular formula is C22H32N6O5. The lowest BCUT2D eigenvalue weighted by Gasteiger charge is -2.40. The maximum atomic E-state index is 12.8. The van der Waals surface area contributed by atoms with Gasteiger partial charge in [-0.1, -0.05) is 18.2 Å². The highest BCUT2D eigenvalue weighted by Crippen LogP contribution is 2.26. The number of aryl methyl sites for hydroxylation is 1. The average Bonchev–Trinajstić information content (AvgIpc) is 3.17. The number of likely N-dealkylation sites (N-methyl/N-ethyl adjacent to an activating group) is 1. The molecule has 3 aliphatic rings. The van der Waals surface area contributed by atoms with Crippen LogP contribution in [0, 0.1) is 6.92 Å². The number of aliphatic hydroxyl groups is 2. The van der Waals surface area contributed by atoms with Gasteiger partial charge in [-0.15, -0.1) is 0 Å².